The number of benzene rings is 1. The highest BCUT2D eigenvalue weighted by atomic mass is 35.5. The number of hydrogen-bond acceptors (Lipinski definition) is 3. The van der Waals surface area contributed by atoms with Crippen LogP contribution >= 0.6 is 23.2 Å². The normalized spacial score (nSPS) is 30.7. The molecule has 2 aromatic rings. The van der Waals surface area contributed by atoms with E-state index >= 15 is 0 Å². The van der Waals surface area contributed by atoms with Crippen LogP contribution in [0.2, 0.25) is 5.02 Å². The Morgan fingerprint density at radius 2 is 2.09 bits per heavy atom. The Morgan fingerprint density at radius 3 is 2.70 bits per heavy atom. The molecule has 0 amide bonds. The van der Waals surface area contributed by atoms with Crippen molar-refractivity contribution in [1.29, 1.82) is 0 Å². The molecule has 124 valence electrons. The highest BCUT2D eigenvalue weighted by molar-refractivity contribution is 6.30. The van der Waals surface area contributed by atoms with Crippen LogP contribution in [0.5, 0.6) is 0 Å². The fourth-order valence-corrected chi connectivity index (χ4v) is 4.17. The van der Waals surface area contributed by atoms with E-state index in [-0.39, 0.29) is 11.3 Å². The highest BCUT2D eigenvalue weighted by Crippen LogP contribution is 2.52. The van der Waals surface area contributed by atoms with Crippen LogP contribution in [-0.2, 0) is 13.0 Å². The summed E-state index contributed by atoms with van der Waals surface area (Å²) < 4.78 is 1.70. The molecule has 3 atom stereocenters. The Bertz CT molecular complexity index is 646. The van der Waals surface area contributed by atoms with Crippen LogP contribution in [-0.4, -0.2) is 31.4 Å². The quantitative estimate of drug-likeness (QED) is 0.836. The third-order valence-electron chi connectivity index (χ3n) is 5.33. The van der Waals surface area contributed by atoms with E-state index in [1.165, 1.54) is 11.9 Å². The first-order valence-electron chi connectivity index (χ1n) is 7.82. The molecule has 0 aliphatic heterocycles. The second-order valence-electron chi connectivity index (χ2n) is 6.78. The molecule has 0 radical (unpaired) electrons. The molecule has 1 fully saturated rings. The van der Waals surface area contributed by atoms with Crippen molar-refractivity contribution in [3.8, 4) is 0 Å². The van der Waals surface area contributed by atoms with Crippen molar-refractivity contribution in [1.82, 2.24) is 14.8 Å². The zero-order valence-electron chi connectivity index (χ0n) is 13.1. The van der Waals surface area contributed by atoms with Gasteiger partial charge < -0.3 is 5.11 Å². The SMILES string of the molecule is C[C@@]1(CCl)CCC(Cc2ccc(Cl)cc2)C1(O)Cn1cncn1. The second-order valence-corrected chi connectivity index (χ2v) is 7.48. The zero-order chi connectivity index (χ0) is 16.5. The lowest BCUT2D eigenvalue weighted by Crippen LogP contribution is -2.51. The van der Waals surface area contributed by atoms with Crippen LogP contribution in [0.15, 0.2) is 36.9 Å². The number of aliphatic hydroxyl groups is 1. The molecule has 1 saturated carbocycles. The molecule has 1 N–H and O–H groups in total. The average Bonchev–Trinajstić information content (AvgIpc) is 3.12. The van der Waals surface area contributed by atoms with Gasteiger partial charge in [-0.2, -0.15) is 5.10 Å². The molecule has 0 bridgehead atoms. The lowest BCUT2D eigenvalue weighted by Gasteiger charge is -2.42. The largest absolute Gasteiger partial charge is 0.387 e. The summed E-state index contributed by atoms with van der Waals surface area (Å²) in [5, 5.41) is 16.4. The van der Waals surface area contributed by atoms with Crippen molar-refractivity contribution in [2.45, 2.75) is 38.3 Å². The van der Waals surface area contributed by atoms with Gasteiger partial charge in [0.05, 0.1) is 12.1 Å². The van der Waals surface area contributed by atoms with E-state index in [2.05, 4.69) is 17.0 Å². The van der Waals surface area contributed by atoms with E-state index in [0.717, 1.165) is 24.3 Å². The van der Waals surface area contributed by atoms with E-state index in [9.17, 15) is 5.11 Å². The van der Waals surface area contributed by atoms with Gasteiger partial charge in [0, 0.05) is 16.3 Å². The number of nitrogens with zero attached hydrogens (tertiary/aromatic N) is 3. The topological polar surface area (TPSA) is 50.9 Å². The monoisotopic (exact) mass is 353 g/mol. The van der Waals surface area contributed by atoms with Crippen molar-refractivity contribution in [3.05, 3.63) is 47.5 Å². The first kappa shape index (κ1) is 16.7. The number of hydrogen-bond donors (Lipinski definition) is 1. The van der Waals surface area contributed by atoms with Gasteiger partial charge >= 0.3 is 0 Å². The molecule has 0 saturated heterocycles. The predicted octanol–water partition coefficient (Wildman–Crippen LogP) is 3.56. The van der Waals surface area contributed by atoms with Gasteiger partial charge in [0.15, 0.2) is 0 Å². The molecule has 6 heteroatoms. The standard InChI is InChI=1S/C17H21Cl2N3O/c1-16(9-18)7-6-14(8-13-2-4-15(19)5-3-13)17(16,23)10-22-12-20-11-21-22/h2-5,11-12,14,23H,6-10H2,1H3/t14?,16-,17?/m0/s1. The van der Waals surface area contributed by atoms with Crippen LogP contribution in [0, 0.1) is 11.3 Å². The third kappa shape index (κ3) is 3.12. The van der Waals surface area contributed by atoms with Gasteiger partial charge in [-0.05, 0) is 42.9 Å². The molecule has 1 heterocycles. The predicted molar refractivity (Wildman–Crippen MR) is 91.7 cm³/mol. The maximum absolute atomic E-state index is 11.6. The van der Waals surface area contributed by atoms with E-state index in [0.29, 0.717) is 12.4 Å². The Balaban J connectivity index is 1.87. The van der Waals surface area contributed by atoms with Crippen molar-refractivity contribution >= 4 is 23.2 Å². The van der Waals surface area contributed by atoms with E-state index in [1.54, 1.807) is 11.0 Å². The average molecular weight is 354 g/mol. The van der Waals surface area contributed by atoms with Crippen LogP contribution in [0.1, 0.15) is 25.3 Å². The van der Waals surface area contributed by atoms with Gasteiger partial charge in [-0.1, -0.05) is 30.7 Å². The van der Waals surface area contributed by atoms with Crippen LogP contribution < -0.4 is 0 Å². The van der Waals surface area contributed by atoms with Gasteiger partial charge in [-0.25, -0.2) is 4.98 Å². The van der Waals surface area contributed by atoms with Crippen LogP contribution in [0.3, 0.4) is 0 Å². The minimum atomic E-state index is -0.915. The lowest BCUT2D eigenvalue weighted by atomic mass is 9.72. The van der Waals surface area contributed by atoms with Gasteiger partial charge in [0.1, 0.15) is 12.7 Å². The maximum Gasteiger partial charge on any atom is 0.137 e. The Hall–Kier alpha value is -1.10. The summed E-state index contributed by atoms with van der Waals surface area (Å²) in [6.07, 6.45) is 5.78. The van der Waals surface area contributed by atoms with Crippen LogP contribution in [0.25, 0.3) is 0 Å². The Kier molecular flexibility index (Phi) is 4.68. The number of halogens is 2. The first-order valence-corrected chi connectivity index (χ1v) is 8.73. The molecule has 1 aromatic heterocycles. The lowest BCUT2D eigenvalue weighted by molar-refractivity contribution is -0.0891. The molecule has 23 heavy (non-hydrogen) atoms. The van der Waals surface area contributed by atoms with Crippen molar-refractivity contribution < 1.29 is 5.11 Å². The molecule has 3 rings (SSSR count). The summed E-state index contributed by atoms with van der Waals surface area (Å²) in [6.45, 7) is 2.48. The van der Waals surface area contributed by atoms with Crippen LogP contribution in [0.4, 0.5) is 0 Å². The number of alkyl halides is 1. The molecular weight excluding hydrogens is 333 g/mol. The fourth-order valence-electron chi connectivity index (χ4n) is 3.68. The Morgan fingerprint density at radius 1 is 1.35 bits per heavy atom. The zero-order valence-corrected chi connectivity index (χ0v) is 14.6. The minimum absolute atomic E-state index is 0.122. The van der Waals surface area contributed by atoms with Crippen molar-refractivity contribution in [2.75, 3.05) is 5.88 Å². The molecule has 2 unspecified atom stereocenters. The highest BCUT2D eigenvalue weighted by Gasteiger charge is 2.56. The molecular formula is C17H21Cl2N3O. The van der Waals surface area contributed by atoms with Gasteiger partial charge in [0.25, 0.3) is 0 Å². The first-order chi connectivity index (χ1) is 11.0. The third-order valence-corrected chi connectivity index (χ3v) is 6.17. The summed E-state index contributed by atoms with van der Waals surface area (Å²) in [6, 6.07) is 7.83. The second kappa shape index (κ2) is 6.42. The molecule has 1 aliphatic rings. The van der Waals surface area contributed by atoms with Gasteiger partial charge in [-0.15, -0.1) is 11.6 Å². The number of rotatable bonds is 5. The molecule has 1 aliphatic carbocycles. The van der Waals surface area contributed by atoms with E-state index in [1.807, 2.05) is 24.3 Å². The van der Waals surface area contributed by atoms with Gasteiger partial charge in [-0.3, -0.25) is 4.68 Å². The van der Waals surface area contributed by atoms with Crippen molar-refractivity contribution in [3.63, 3.8) is 0 Å². The summed E-state index contributed by atoms with van der Waals surface area (Å²) in [5.74, 6) is 0.548. The summed E-state index contributed by atoms with van der Waals surface area (Å²) in [4.78, 5) is 3.98. The minimum Gasteiger partial charge on any atom is -0.387 e. The summed E-state index contributed by atoms with van der Waals surface area (Å²) in [5.41, 5.74) is -0.0742. The Labute approximate surface area is 146 Å². The number of aromatic nitrogens is 3. The molecule has 1 aromatic carbocycles. The maximum atomic E-state index is 11.6. The van der Waals surface area contributed by atoms with E-state index in [4.69, 9.17) is 23.2 Å². The van der Waals surface area contributed by atoms with E-state index < -0.39 is 5.60 Å². The smallest absolute Gasteiger partial charge is 0.137 e. The molecule has 4 nitrogen and oxygen atoms in total. The summed E-state index contributed by atoms with van der Waals surface area (Å²) >= 11 is 12.2. The molecule has 0 spiro atoms. The fraction of sp³-hybridized carbons (Fsp3) is 0.529. The summed E-state index contributed by atoms with van der Waals surface area (Å²) in [7, 11) is 0. The van der Waals surface area contributed by atoms with Gasteiger partial charge in [0.2, 0.25) is 0 Å². The van der Waals surface area contributed by atoms with Crippen molar-refractivity contribution in [2.24, 2.45) is 11.3 Å².